The first-order valence-corrected chi connectivity index (χ1v) is 4.77. The van der Waals surface area contributed by atoms with Gasteiger partial charge in [0.15, 0.2) is 0 Å². The summed E-state index contributed by atoms with van der Waals surface area (Å²) in [5, 5.41) is 8.62. The molecule has 5 heteroatoms. The predicted octanol–water partition coefficient (Wildman–Crippen LogP) is -0.192. The van der Waals surface area contributed by atoms with E-state index in [-0.39, 0.29) is 12.5 Å². The average Bonchev–Trinajstić information content (AvgIpc) is 2.17. The first-order valence-electron chi connectivity index (χ1n) is 4.77. The lowest BCUT2D eigenvalue weighted by atomic mass is 10.2. The number of methoxy groups -OCH3 is 1. The Balaban J connectivity index is 2.27. The van der Waals surface area contributed by atoms with Gasteiger partial charge in [0.2, 0.25) is 0 Å². The molecule has 0 aromatic carbocycles. The van der Waals surface area contributed by atoms with Crippen molar-refractivity contribution in [3.63, 3.8) is 0 Å². The summed E-state index contributed by atoms with van der Waals surface area (Å²) in [6.07, 6.45) is -0.154. The Bertz CT molecular complexity index is 180. The maximum Gasteiger partial charge on any atom is 0.306 e. The molecule has 14 heavy (non-hydrogen) atoms. The third-order valence-electron chi connectivity index (χ3n) is 2.30. The minimum atomic E-state index is -0.815. The summed E-state index contributed by atoms with van der Waals surface area (Å²) >= 11 is 0. The number of aliphatic carboxylic acids is 1. The zero-order valence-corrected chi connectivity index (χ0v) is 8.44. The molecule has 1 atom stereocenters. The van der Waals surface area contributed by atoms with E-state index in [1.54, 1.807) is 7.11 Å². The Morgan fingerprint density at radius 1 is 1.57 bits per heavy atom. The number of hydrogen-bond donors (Lipinski definition) is 1. The zero-order chi connectivity index (χ0) is 10.4. The number of carbonyl (C=O) groups is 1. The van der Waals surface area contributed by atoms with Gasteiger partial charge in [0, 0.05) is 26.7 Å². The third-order valence-corrected chi connectivity index (χ3v) is 2.30. The van der Waals surface area contributed by atoms with Crippen LogP contribution in [-0.2, 0) is 14.3 Å². The summed E-state index contributed by atoms with van der Waals surface area (Å²) in [4.78, 5) is 12.7. The van der Waals surface area contributed by atoms with Gasteiger partial charge in [-0.25, -0.2) is 0 Å². The summed E-state index contributed by atoms with van der Waals surface area (Å²) in [6.45, 7) is 3.85. The van der Waals surface area contributed by atoms with Gasteiger partial charge in [-0.2, -0.15) is 0 Å². The zero-order valence-electron chi connectivity index (χ0n) is 8.44. The smallest absolute Gasteiger partial charge is 0.306 e. The molecule has 1 N–H and O–H groups in total. The van der Waals surface area contributed by atoms with E-state index in [4.69, 9.17) is 14.6 Å². The number of carboxylic acid groups (broad SMARTS) is 1. The molecule has 0 bridgehead atoms. The van der Waals surface area contributed by atoms with Crippen molar-refractivity contribution in [1.82, 2.24) is 4.90 Å². The van der Waals surface area contributed by atoms with Crippen molar-refractivity contribution >= 4 is 5.97 Å². The van der Waals surface area contributed by atoms with Crippen LogP contribution in [0.2, 0.25) is 0 Å². The SMILES string of the molecule is COC(CC(=O)O)CN1CCOCC1. The predicted molar refractivity (Wildman–Crippen MR) is 50.3 cm³/mol. The fourth-order valence-corrected chi connectivity index (χ4v) is 1.49. The van der Waals surface area contributed by atoms with E-state index < -0.39 is 5.97 Å². The van der Waals surface area contributed by atoms with E-state index in [2.05, 4.69) is 4.90 Å². The summed E-state index contributed by atoms with van der Waals surface area (Å²) < 4.78 is 10.3. The van der Waals surface area contributed by atoms with Crippen LogP contribution in [0.1, 0.15) is 6.42 Å². The number of nitrogens with zero attached hydrogens (tertiary/aromatic N) is 1. The molecule has 0 aromatic rings. The van der Waals surface area contributed by atoms with Gasteiger partial charge in [-0.1, -0.05) is 0 Å². The molecule has 82 valence electrons. The molecule has 0 aliphatic carbocycles. The topological polar surface area (TPSA) is 59.0 Å². The number of hydrogen-bond acceptors (Lipinski definition) is 4. The van der Waals surface area contributed by atoms with Gasteiger partial charge in [0.25, 0.3) is 0 Å². The molecule has 0 aromatic heterocycles. The van der Waals surface area contributed by atoms with Crippen LogP contribution in [0.15, 0.2) is 0 Å². The lowest BCUT2D eigenvalue weighted by Crippen LogP contribution is -2.42. The van der Waals surface area contributed by atoms with Gasteiger partial charge >= 0.3 is 5.97 Å². The van der Waals surface area contributed by atoms with Crippen molar-refractivity contribution in [2.45, 2.75) is 12.5 Å². The second-order valence-electron chi connectivity index (χ2n) is 3.37. The standard InChI is InChI=1S/C9H17NO4/c1-13-8(6-9(11)12)7-10-2-4-14-5-3-10/h8H,2-7H2,1H3,(H,11,12). The molecule has 1 aliphatic heterocycles. The fourth-order valence-electron chi connectivity index (χ4n) is 1.49. The largest absolute Gasteiger partial charge is 0.481 e. The normalized spacial score (nSPS) is 20.6. The molecule has 1 aliphatic rings. The highest BCUT2D eigenvalue weighted by Crippen LogP contribution is 2.04. The van der Waals surface area contributed by atoms with E-state index in [1.807, 2.05) is 0 Å². The maximum atomic E-state index is 10.5. The highest BCUT2D eigenvalue weighted by molar-refractivity contribution is 5.67. The van der Waals surface area contributed by atoms with Crippen molar-refractivity contribution < 1.29 is 19.4 Å². The average molecular weight is 203 g/mol. The Morgan fingerprint density at radius 2 is 2.21 bits per heavy atom. The van der Waals surface area contributed by atoms with Crippen molar-refractivity contribution in [2.24, 2.45) is 0 Å². The second kappa shape index (κ2) is 5.95. The first kappa shape index (κ1) is 11.4. The molecule has 0 radical (unpaired) electrons. The summed E-state index contributed by atoms with van der Waals surface area (Å²) in [6, 6.07) is 0. The number of carboxylic acids is 1. The van der Waals surface area contributed by atoms with Gasteiger partial charge < -0.3 is 14.6 Å². The van der Waals surface area contributed by atoms with Gasteiger partial charge in [-0.05, 0) is 0 Å². The lowest BCUT2D eigenvalue weighted by molar-refractivity contribution is -0.140. The lowest BCUT2D eigenvalue weighted by Gasteiger charge is -2.29. The van der Waals surface area contributed by atoms with Gasteiger partial charge in [-0.15, -0.1) is 0 Å². The van der Waals surface area contributed by atoms with Crippen LogP contribution in [0.3, 0.4) is 0 Å². The van der Waals surface area contributed by atoms with Crippen LogP contribution in [0.25, 0.3) is 0 Å². The summed E-state index contributed by atoms with van der Waals surface area (Å²) in [5.41, 5.74) is 0. The monoisotopic (exact) mass is 203 g/mol. The Hall–Kier alpha value is -0.650. The van der Waals surface area contributed by atoms with Crippen LogP contribution < -0.4 is 0 Å². The molecule has 0 amide bonds. The molecular weight excluding hydrogens is 186 g/mol. The summed E-state index contributed by atoms with van der Waals surface area (Å²) in [7, 11) is 1.55. The number of morpholine rings is 1. The molecule has 1 heterocycles. The molecule has 1 unspecified atom stereocenters. The van der Waals surface area contributed by atoms with Gasteiger partial charge in [-0.3, -0.25) is 9.69 Å². The minimum absolute atomic E-state index is 0.0634. The van der Waals surface area contributed by atoms with E-state index in [9.17, 15) is 4.79 Å². The molecular formula is C9H17NO4. The van der Waals surface area contributed by atoms with Crippen molar-refractivity contribution in [2.75, 3.05) is 40.0 Å². The summed E-state index contributed by atoms with van der Waals surface area (Å²) in [5.74, 6) is -0.815. The number of ether oxygens (including phenoxy) is 2. The van der Waals surface area contributed by atoms with E-state index >= 15 is 0 Å². The number of rotatable bonds is 5. The van der Waals surface area contributed by atoms with Crippen molar-refractivity contribution in [3.05, 3.63) is 0 Å². The quantitative estimate of drug-likeness (QED) is 0.671. The molecule has 1 saturated heterocycles. The Labute approximate surface area is 83.6 Å². The van der Waals surface area contributed by atoms with Crippen LogP contribution in [-0.4, -0.2) is 62.0 Å². The van der Waals surface area contributed by atoms with Crippen LogP contribution in [0, 0.1) is 0 Å². The van der Waals surface area contributed by atoms with Crippen LogP contribution >= 0.6 is 0 Å². The van der Waals surface area contributed by atoms with Crippen molar-refractivity contribution in [1.29, 1.82) is 0 Å². The van der Waals surface area contributed by atoms with E-state index in [1.165, 1.54) is 0 Å². The van der Waals surface area contributed by atoms with Crippen LogP contribution in [0.5, 0.6) is 0 Å². The molecule has 0 spiro atoms. The minimum Gasteiger partial charge on any atom is -0.481 e. The second-order valence-corrected chi connectivity index (χ2v) is 3.37. The molecule has 5 nitrogen and oxygen atoms in total. The van der Waals surface area contributed by atoms with Crippen molar-refractivity contribution in [3.8, 4) is 0 Å². The molecule has 1 rings (SSSR count). The highest BCUT2D eigenvalue weighted by atomic mass is 16.5. The molecule has 0 saturated carbocycles. The van der Waals surface area contributed by atoms with Crippen LogP contribution in [0.4, 0.5) is 0 Å². The third kappa shape index (κ3) is 4.04. The van der Waals surface area contributed by atoms with E-state index in [0.717, 1.165) is 26.3 Å². The Morgan fingerprint density at radius 3 is 2.71 bits per heavy atom. The molecule has 1 fully saturated rings. The van der Waals surface area contributed by atoms with E-state index in [0.29, 0.717) is 6.54 Å². The first-order chi connectivity index (χ1) is 6.72. The highest BCUT2D eigenvalue weighted by Gasteiger charge is 2.18. The van der Waals surface area contributed by atoms with Gasteiger partial charge in [0.05, 0.1) is 25.7 Å². The van der Waals surface area contributed by atoms with Gasteiger partial charge in [0.1, 0.15) is 0 Å². The maximum absolute atomic E-state index is 10.5. The Kier molecular flexibility index (Phi) is 4.86. The fraction of sp³-hybridized carbons (Fsp3) is 0.889.